The Morgan fingerprint density at radius 1 is 1.13 bits per heavy atom. The van der Waals surface area contributed by atoms with E-state index in [2.05, 4.69) is 0 Å². The summed E-state index contributed by atoms with van der Waals surface area (Å²) in [4.78, 5) is 14.6. The minimum absolute atomic E-state index is 0.00459. The van der Waals surface area contributed by atoms with Gasteiger partial charge in [-0.1, -0.05) is 18.9 Å². The molecular formula is C18H24F2N2O. The molecule has 2 unspecified atom stereocenters. The van der Waals surface area contributed by atoms with Gasteiger partial charge in [-0.15, -0.1) is 0 Å². The molecule has 1 amide bonds. The van der Waals surface area contributed by atoms with Gasteiger partial charge in [0.15, 0.2) is 0 Å². The normalized spacial score (nSPS) is 25.0. The maximum atomic E-state index is 14.0. The van der Waals surface area contributed by atoms with E-state index in [9.17, 15) is 13.6 Å². The topological polar surface area (TPSA) is 46.3 Å². The number of amides is 1. The van der Waals surface area contributed by atoms with Crippen LogP contribution in [0.15, 0.2) is 18.2 Å². The van der Waals surface area contributed by atoms with Crippen LogP contribution in [0, 0.1) is 17.6 Å². The fraction of sp³-hybridized carbons (Fsp3) is 0.611. The lowest BCUT2D eigenvalue weighted by atomic mass is 10.0. The zero-order chi connectivity index (χ0) is 16.4. The third-order valence-corrected chi connectivity index (χ3v) is 5.26. The Balaban J connectivity index is 1.82. The average molecular weight is 322 g/mol. The van der Waals surface area contributed by atoms with Crippen LogP contribution in [0.25, 0.3) is 0 Å². The summed E-state index contributed by atoms with van der Waals surface area (Å²) in [7, 11) is 0. The predicted molar refractivity (Wildman–Crippen MR) is 84.5 cm³/mol. The van der Waals surface area contributed by atoms with Crippen LogP contribution in [0.2, 0.25) is 0 Å². The molecule has 1 aromatic carbocycles. The smallest absolute Gasteiger partial charge is 0.226 e. The van der Waals surface area contributed by atoms with Gasteiger partial charge in [0, 0.05) is 23.6 Å². The molecule has 0 saturated heterocycles. The average Bonchev–Trinajstić information content (AvgIpc) is 3.18. The number of nitrogens with zero attached hydrogens (tertiary/aromatic N) is 1. The van der Waals surface area contributed by atoms with Crippen molar-refractivity contribution >= 4 is 5.91 Å². The molecule has 0 radical (unpaired) electrons. The van der Waals surface area contributed by atoms with Crippen LogP contribution in [0.1, 0.15) is 50.5 Å². The number of halogens is 2. The van der Waals surface area contributed by atoms with E-state index < -0.39 is 11.6 Å². The highest BCUT2D eigenvalue weighted by Gasteiger charge is 2.35. The van der Waals surface area contributed by atoms with Gasteiger partial charge in [-0.2, -0.15) is 0 Å². The van der Waals surface area contributed by atoms with Crippen molar-refractivity contribution < 1.29 is 13.6 Å². The lowest BCUT2D eigenvalue weighted by Crippen LogP contribution is -2.42. The molecular weight excluding hydrogens is 298 g/mol. The molecule has 23 heavy (non-hydrogen) atoms. The van der Waals surface area contributed by atoms with E-state index in [1.165, 1.54) is 18.2 Å². The van der Waals surface area contributed by atoms with Crippen LogP contribution in [-0.2, 0) is 11.3 Å². The summed E-state index contributed by atoms with van der Waals surface area (Å²) < 4.78 is 28.0. The van der Waals surface area contributed by atoms with Crippen molar-refractivity contribution in [2.24, 2.45) is 11.7 Å². The molecule has 0 spiro atoms. The standard InChI is InChI=1S/C18H24F2N2O/c19-16-6-3-7-17(20)15(16)11-22(14-4-1-2-5-14)18(23)12-8-9-13(21)10-12/h3,6-7,12-14H,1-2,4-5,8-11,21H2. The van der Waals surface area contributed by atoms with E-state index in [1.54, 1.807) is 4.90 Å². The number of carbonyl (C=O) groups is 1. The number of hydrogen-bond acceptors (Lipinski definition) is 2. The summed E-state index contributed by atoms with van der Waals surface area (Å²) in [5, 5.41) is 0. The third kappa shape index (κ3) is 3.55. The summed E-state index contributed by atoms with van der Waals surface area (Å²) in [6.45, 7) is 0.0216. The highest BCUT2D eigenvalue weighted by atomic mass is 19.1. The van der Waals surface area contributed by atoms with Crippen molar-refractivity contribution in [2.45, 2.75) is 63.6 Å². The second-order valence-corrected chi connectivity index (χ2v) is 6.87. The molecule has 1 aromatic rings. The van der Waals surface area contributed by atoms with E-state index in [1.807, 2.05) is 0 Å². The maximum absolute atomic E-state index is 14.0. The molecule has 2 fully saturated rings. The van der Waals surface area contributed by atoms with Gasteiger partial charge in [0.1, 0.15) is 11.6 Å². The van der Waals surface area contributed by atoms with Gasteiger partial charge in [0.05, 0.1) is 6.54 Å². The number of nitrogens with two attached hydrogens (primary N) is 1. The van der Waals surface area contributed by atoms with E-state index in [0.717, 1.165) is 38.5 Å². The quantitative estimate of drug-likeness (QED) is 0.924. The van der Waals surface area contributed by atoms with Gasteiger partial charge in [0.25, 0.3) is 0 Å². The van der Waals surface area contributed by atoms with Crippen LogP contribution in [-0.4, -0.2) is 22.9 Å². The monoisotopic (exact) mass is 322 g/mol. The van der Waals surface area contributed by atoms with Gasteiger partial charge < -0.3 is 10.6 Å². The van der Waals surface area contributed by atoms with Crippen molar-refractivity contribution in [3.8, 4) is 0 Å². The number of hydrogen-bond donors (Lipinski definition) is 1. The lowest BCUT2D eigenvalue weighted by Gasteiger charge is -2.31. The Labute approximate surface area is 135 Å². The largest absolute Gasteiger partial charge is 0.335 e. The Kier molecular flexibility index (Phi) is 4.95. The van der Waals surface area contributed by atoms with Crippen molar-refractivity contribution in [2.75, 3.05) is 0 Å². The van der Waals surface area contributed by atoms with E-state index >= 15 is 0 Å². The van der Waals surface area contributed by atoms with Crippen LogP contribution >= 0.6 is 0 Å². The molecule has 3 rings (SSSR count). The van der Waals surface area contributed by atoms with Gasteiger partial charge in [-0.25, -0.2) is 8.78 Å². The van der Waals surface area contributed by atoms with Gasteiger partial charge in [0.2, 0.25) is 5.91 Å². The molecule has 2 saturated carbocycles. The molecule has 0 aromatic heterocycles. The van der Waals surface area contributed by atoms with Crippen LogP contribution in [0.4, 0.5) is 8.78 Å². The highest BCUT2D eigenvalue weighted by Crippen LogP contribution is 2.32. The Hall–Kier alpha value is -1.49. The van der Waals surface area contributed by atoms with Gasteiger partial charge in [-0.05, 0) is 44.2 Å². The molecule has 0 aliphatic heterocycles. The molecule has 2 N–H and O–H groups in total. The van der Waals surface area contributed by atoms with Crippen LogP contribution in [0.3, 0.4) is 0 Å². The minimum Gasteiger partial charge on any atom is -0.335 e. The van der Waals surface area contributed by atoms with E-state index in [-0.39, 0.29) is 36.0 Å². The second-order valence-electron chi connectivity index (χ2n) is 6.87. The highest BCUT2D eigenvalue weighted by molar-refractivity contribution is 5.79. The van der Waals surface area contributed by atoms with Gasteiger partial charge in [-0.3, -0.25) is 4.79 Å². The first-order valence-corrected chi connectivity index (χ1v) is 8.55. The maximum Gasteiger partial charge on any atom is 0.226 e. The molecule has 3 nitrogen and oxygen atoms in total. The van der Waals surface area contributed by atoms with Crippen molar-refractivity contribution in [1.29, 1.82) is 0 Å². The Bertz CT molecular complexity index is 552. The number of carbonyl (C=O) groups excluding carboxylic acids is 1. The van der Waals surface area contributed by atoms with Gasteiger partial charge >= 0.3 is 0 Å². The zero-order valence-electron chi connectivity index (χ0n) is 13.3. The molecule has 0 bridgehead atoms. The summed E-state index contributed by atoms with van der Waals surface area (Å²) >= 11 is 0. The molecule has 2 aliphatic carbocycles. The molecule has 2 aliphatic rings. The minimum atomic E-state index is -0.580. The fourth-order valence-electron chi connectivity index (χ4n) is 3.93. The summed E-state index contributed by atoms with van der Waals surface area (Å²) in [6, 6.07) is 4.02. The second kappa shape index (κ2) is 6.95. The molecule has 0 heterocycles. The SMILES string of the molecule is NC1CCC(C(=O)N(Cc2c(F)cccc2F)C2CCCC2)C1. The Morgan fingerprint density at radius 3 is 2.35 bits per heavy atom. The van der Waals surface area contributed by atoms with Crippen molar-refractivity contribution in [3.05, 3.63) is 35.4 Å². The summed E-state index contributed by atoms with van der Waals surface area (Å²) in [6.07, 6.45) is 6.28. The summed E-state index contributed by atoms with van der Waals surface area (Å²) in [5.41, 5.74) is 5.92. The lowest BCUT2D eigenvalue weighted by molar-refractivity contribution is -0.138. The van der Waals surface area contributed by atoms with Crippen LogP contribution in [0.5, 0.6) is 0 Å². The number of benzene rings is 1. The predicted octanol–water partition coefficient (Wildman–Crippen LogP) is 3.36. The van der Waals surface area contributed by atoms with Crippen LogP contribution < -0.4 is 5.73 Å². The van der Waals surface area contributed by atoms with E-state index in [4.69, 9.17) is 5.73 Å². The fourth-order valence-corrected chi connectivity index (χ4v) is 3.93. The third-order valence-electron chi connectivity index (χ3n) is 5.26. The first kappa shape index (κ1) is 16.4. The first-order valence-electron chi connectivity index (χ1n) is 8.55. The number of rotatable bonds is 4. The molecule has 126 valence electrons. The molecule has 5 heteroatoms. The van der Waals surface area contributed by atoms with Crippen molar-refractivity contribution in [1.82, 2.24) is 4.90 Å². The van der Waals surface area contributed by atoms with E-state index in [0.29, 0.717) is 6.42 Å². The van der Waals surface area contributed by atoms with Crippen molar-refractivity contribution in [3.63, 3.8) is 0 Å². The zero-order valence-corrected chi connectivity index (χ0v) is 13.3. The summed E-state index contributed by atoms with van der Waals surface area (Å²) in [5.74, 6) is -1.24. The first-order chi connectivity index (χ1) is 11.1. The Morgan fingerprint density at radius 2 is 1.78 bits per heavy atom. The molecule has 2 atom stereocenters.